The molecular formula is C25H40. The molecule has 25 heavy (non-hydrogen) atoms. The Morgan fingerprint density at radius 2 is 1.96 bits per heavy atom. The summed E-state index contributed by atoms with van der Waals surface area (Å²) < 4.78 is 0. The Balaban J connectivity index is 2.03. The molecule has 0 amide bonds. The largest absolute Gasteiger partial charge is 0.102 e. The van der Waals surface area contributed by atoms with Gasteiger partial charge in [0.25, 0.3) is 0 Å². The fraction of sp³-hybridized carbons (Fsp3) is 0.760. The van der Waals surface area contributed by atoms with E-state index in [0.717, 1.165) is 29.6 Å². The molecule has 140 valence electrons. The molecule has 0 N–H and O–H groups in total. The van der Waals surface area contributed by atoms with Crippen molar-refractivity contribution in [2.75, 3.05) is 0 Å². The van der Waals surface area contributed by atoms with Gasteiger partial charge in [-0.1, -0.05) is 57.6 Å². The predicted octanol–water partition coefficient (Wildman–Crippen LogP) is 7.58. The monoisotopic (exact) mass is 340 g/mol. The van der Waals surface area contributed by atoms with E-state index < -0.39 is 0 Å². The van der Waals surface area contributed by atoms with Crippen LogP contribution in [0.15, 0.2) is 37.0 Å². The molecule has 0 heterocycles. The lowest BCUT2D eigenvalue weighted by atomic mass is 9.41. The number of rotatable bonds is 4. The summed E-state index contributed by atoms with van der Waals surface area (Å²) >= 11 is 0. The zero-order valence-corrected chi connectivity index (χ0v) is 17.2. The molecular weight excluding hydrogens is 300 g/mol. The molecule has 0 radical (unpaired) electrons. The SMILES string of the molecule is C=CC1(C(=C)C)CCC2C(CC(C)C3CC(=C)CCC32CC)C1CC. The Labute approximate surface area is 156 Å². The second kappa shape index (κ2) is 6.75. The molecule has 3 rings (SSSR count). The molecule has 7 unspecified atom stereocenters. The highest BCUT2D eigenvalue weighted by atomic mass is 14.6. The molecule has 0 saturated heterocycles. The van der Waals surface area contributed by atoms with E-state index in [1.54, 1.807) is 0 Å². The lowest BCUT2D eigenvalue weighted by molar-refractivity contribution is -0.126. The van der Waals surface area contributed by atoms with E-state index in [9.17, 15) is 0 Å². The zero-order valence-electron chi connectivity index (χ0n) is 17.2. The summed E-state index contributed by atoms with van der Waals surface area (Å²) in [5.74, 6) is 4.20. The van der Waals surface area contributed by atoms with Crippen molar-refractivity contribution in [3.8, 4) is 0 Å². The molecule has 0 aromatic heterocycles. The van der Waals surface area contributed by atoms with Crippen LogP contribution in [0.1, 0.15) is 79.1 Å². The summed E-state index contributed by atoms with van der Waals surface area (Å²) in [6, 6.07) is 0. The standard InChI is InChI=1S/C25H40/c1-8-21-20-16-19(7)23-15-18(6)11-13-25(23,10-3)22(20)12-14-24(21,9-2)17(4)5/h9,19-23H,2,4,6,8,10-16H2,1,3,5,7H3. The Morgan fingerprint density at radius 1 is 1.24 bits per heavy atom. The lowest BCUT2D eigenvalue weighted by Crippen LogP contribution is -2.56. The Morgan fingerprint density at radius 3 is 2.52 bits per heavy atom. The number of allylic oxidation sites excluding steroid dienone is 3. The van der Waals surface area contributed by atoms with E-state index >= 15 is 0 Å². The average Bonchev–Trinajstić information content (AvgIpc) is 2.60. The maximum Gasteiger partial charge on any atom is 0.0114 e. The van der Waals surface area contributed by atoms with Crippen molar-refractivity contribution in [1.82, 2.24) is 0 Å². The first-order chi connectivity index (χ1) is 11.9. The van der Waals surface area contributed by atoms with Gasteiger partial charge in [-0.3, -0.25) is 0 Å². The molecule has 0 spiro atoms. The third-order valence-corrected chi connectivity index (χ3v) is 9.08. The van der Waals surface area contributed by atoms with Crippen LogP contribution in [0.4, 0.5) is 0 Å². The van der Waals surface area contributed by atoms with Crippen molar-refractivity contribution in [2.45, 2.75) is 79.1 Å². The average molecular weight is 341 g/mol. The topological polar surface area (TPSA) is 0 Å². The van der Waals surface area contributed by atoms with Crippen LogP contribution >= 0.6 is 0 Å². The van der Waals surface area contributed by atoms with E-state index in [2.05, 4.69) is 53.5 Å². The molecule has 0 aromatic rings. The Kier molecular flexibility index (Phi) is 5.13. The summed E-state index contributed by atoms with van der Waals surface area (Å²) in [5, 5.41) is 0. The summed E-state index contributed by atoms with van der Waals surface area (Å²) in [6.45, 7) is 22.8. The Bertz CT molecular complexity index is 554. The number of hydrogen-bond acceptors (Lipinski definition) is 0. The highest BCUT2D eigenvalue weighted by Crippen LogP contribution is 2.67. The van der Waals surface area contributed by atoms with Crippen molar-refractivity contribution in [2.24, 2.45) is 40.4 Å². The van der Waals surface area contributed by atoms with Crippen LogP contribution in [0.5, 0.6) is 0 Å². The van der Waals surface area contributed by atoms with E-state index in [0.29, 0.717) is 5.41 Å². The highest BCUT2D eigenvalue weighted by Gasteiger charge is 2.59. The summed E-state index contributed by atoms with van der Waals surface area (Å²) in [6.07, 6.45) is 12.9. The summed E-state index contributed by atoms with van der Waals surface area (Å²) in [4.78, 5) is 0. The summed E-state index contributed by atoms with van der Waals surface area (Å²) in [7, 11) is 0. The van der Waals surface area contributed by atoms with Gasteiger partial charge in [0, 0.05) is 5.41 Å². The van der Waals surface area contributed by atoms with Crippen LogP contribution in [0, 0.1) is 40.4 Å². The molecule has 0 bridgehead atoms. The van der Waals surface area contributed by atoms with E-state index in [-0.39, 0.29) is 5.41 Å². The van der Waals surface area contributed by atoms with Gasteiger partial charge in [-0.05, 0) is 86.9 Å². The van der Waals surface area contributed by atoms with Gasteiger partial charge in [0.1, 0.15) is 0 Å². The normalized spacial score (nSPS) is 46.9. The van der Waals surface area contributed by atoms with Crippen LogP contribution in [-0.2, 0) is 0 Å². The van der Waals surface area contributed by atoms with Crippen molar-refractivity contribution in [3.05, 3.63) is 37.0 Å². The van der Waals surface area contributed by atoms with E-state index in [1.165, 1.54) is 62.5 Å². The third-order valence-electron chi connectivity index (χ3n) is 9.08. The summed E-state index contributed by atoms with van der Waals surface area (Å²) in [5.41, 5.74) is 3.62. The first kappa shape index (κ1) is 19.0. The molecule has 0 aromatic carbocycles. The van der Waals surface area contributed by atoms with Gasteiger partial charge < -0.3 is 0 Å². The van der Waals surface area contributed by atoms with Gasteiger partial charge in [0.15, 0.2) is 0 Å². The van der Waals surface area contributed by atoms with Crippen molar-refractivity contribution in [3.63, 3.8) is 0 Å². The fourth-order valence-corrected chi connectivity index (χ4v) is 7.86. The molecule has 3 fully saturated rings. The van der Waals surface area contributed by atoms with Gasteiger partial charge in [-0.15, -0.1) is 6.58 Å². The zero-order chi connectivity index (χ0) is 18.4. The molecule has 3 aliphatic rings. The fourth-order valence-electron chi connectivity index (χ4n) is 7.86. The van der Waals surface area contributed by atoms with Crippen LogP contribution in [0.3, 0.4) is 0 Å². The van der Waals surface area contributed by atoms with Crippen LogP contribution in [0.2, 0.25) is 0 Å². The quantitative estimate of drug-likeness (QED) is 0.463. The van der Waals surface area contributed by atoms with Gasteiger partial charge in [0.05, 0.1) is 0 Å². The molecule has 0 heteroatoms. The van der Waals surface area contributed by atoms with Crippen LogP contribution < -0.4 is 0 Å². The minimum absolute atomic E-state index is 0.176. The smallest absolute Gasteiger partial charge is 0.0114 e. The maximum absolute atomic E-state index is 4.42. The molecule has 0 nitrogen and oxygen atoms in total. The second-order valence-electron chi connectivity index (χ2n) is 9.71. The van der Waals surface area contributed by atoms with Gasteiger partial charge in [0.2, 0.25) is 0 Å². The minimum atomic E-state index is 0.176. The van der Waals surface area contributed by atoms with Crippen molar-refractivity contribution < 1.29 is 0 Å². The van der Waals surface area contributed by atoms with Gasteiger partial charge >= 0.3 is 0 Å². The second-order valence-corrected chi connectivity index (χ2v) is 9.71. The molecule has 3 saturated carbocycles. The maximum atomic E-state index is 4.42. The molecule has 3 aliphatic carbocycles. The number of fused-ring (bicyclic) bond motifs is 3. The van der Waals surface area contributed by atoms with Crippen molar-refractivity contribution in [1.29, 1.82) is 0 Å². The lowest BCUT2D eigenvalue weighted by Gasteiger charge is -2.64. The van der Waals surface area contributed by atoms with E-state index in [1.807, 2.05) is 0 Å². The predicted molar refractivity (Wildman–Crippen MR) is 110 cm³/mol. The first-order valence-corrected chi connectivity index (χ1v) is 10.8. The highest BCUT2D eigenvalue weighted by molar-refractivity contribution is 5.23. The minimum Gasteiger partial charge on any atom is -0.102 e. The number of hydrogen-bond donors (Lipinski definition) is 0. The first-order valence-electron chi connectivity index (χ1n) is 10.8. The van der Waals surface area contributed by atoms with Gasteiger partial charge in [-0.2, -0.15) is 0 Å². The van der Waals surface area contributed by atoms with Crippen LogP contribution in [0.25, 0.3) is 0 Å². The van der Waals surface area contributed by atoms with Gasteiger partial charge in [-0.25, -0.2) is 0 Å². The molecule has 7 atom stereocenters. The third kappa shape index (κ3) is 2.62. The van der Waals surface area contributed by atoms with Crippen molar-refractivity contribution >= 4 is 0 Å². The van der Waals surface area contributed by atoms with Crippen LogP contribution in [-0.4, -0.2) is 0 Å². The van der Waals surface area contributed by atoms with E-state index in [4.69, 9.17) is 0 Å². The molecule has 0 aliphatic heterocycles. The Hall–Kier alpha value is -0.780.